The van der Waals surface area contributed by atoms with Crippen LogP contribution in [0.25, 0.3) is 0 Å². The van der Waals surface area contributed by atoms with E-state index in [4.69, 9.17) is 18.0 Å². The lowest BCUT2D eigenvalue weighted by Gasteiger charge is -2.13. The average Bonchev–Trinajstić information content (AvgIpc) is 2.73. The third kappa shape index (κ3) is 2.30. The molecule has 0 atom stereocenters. The molecule has 0 radical (unpaired) electrons. The maximum atomic E-state index is 12.2. The highest BCUT2D eigenvalue weighted by molar-refractivity contribution is 7.80. The molecule has 0 saturated carbocycles. The van der Waals surface area contributed by atoms with Crippen LogP contribution in [0.3, 0.4) is 0 Å². The summed E-state index contributed by atoms with van der Waals surface area (Å²) in [5.41, 5.74) is 7.66. The number of nitrogens with zero attached hydrogens (tertiary/aromatic N) is 2. The number of imide groups is 1. The van der Waals surface area contributed by atoms with Crippen LogP contribution in [-0.2, 0) is 6.54 Å². The van der Waals surface area contributed by atoms with Gasteiger partial charge in [0.05, 0.1) is 12.1 Å². The Bertz CT molecular complexity index is 721. The molecule has 0 unspecified atom stereocenters. The van der Waals surface area contributed by atoms with Crippen molar-refractivity contribution in [3.63, 3.8) is 0 Å². The number of hydrogen-bond acceptors (Lipinski definition) is 4. The molecule has 21 heavy (non-hydrogen) atoms. The monoisotopic (exact) mass is 297 g/mol. The summed E-state index contributed by atoms with van der Waals surface area (Å²) in [6.45, 7) is 0.200. The first kappa shape index (κ1) is 13.4. The summed E-state index contributed by atoms with van der Waals surface area (Å²) in [5.74, 6) is -0.685. The van der Waals surface area contributed by atoms with Gasteiger partial charge in [-0.1, -0.05) is 36.5 Å². The molecule has 5 nitrogen and oxygen atoms in total. The second-order valence-electron chi connectivity index (χ2n) is 4.66. The zero-order valence-corrected chi connectivity index (χ0v) is 11.8. The molecule has 6 heteroatoms. The van der Waals surface area contributed by atoms with Gasteiger partial charge in [0, 0.05) is 11.8 Å². The first-order valence-corrected chi connectivity index (χ1v) is 6.68. The number of carbonyl (C=O) groups is 2. The van der Waals surface area contributed by atoms with Crippen LogP contribution in [0.1, 0.15) is 32.0 Å². The van der Waals surface area contributed by atoms with Crippen molar-refractivity contribution < 1.29 is 9.59 Å². The smallest absolute Gasteiger partial charge is 0.280 e. The molecule has 0 spiro atoms. The summed E-state index contributed by atoms with van der Waals surface area (Å²) in [6.07, 6.45) is 1.50. The second kappa shape index (κ2) is 5.06. The number of amides is 2. The van der Waals surface area contributed by atoms with Gasteiger partial charge in [-0.05, 0) is 17.7 Å². The van der Waals surface area contributed by atoms with Crippen LogP contribution in [-0.4, -0.2) is 26.7 Å². The van der Waals surface area contributed by atoms with E-state index < -0.39 is 0 Å². The van der Waals surface area contributed by atoms with E-state index in [9.17, 15) is 9.59 Å². The highest BCUT2D eigenvalue weighted by Crippen LogP contribution is 2.22. The molecule has 1 aromatic heterocycles. The Hall–Kier alpha value is -2.60. The number of fused-ring (bicyclic) bond motifs is 1. The molecule has 104 valence electrons. The molecule has 0 aliphatic carbocycles. The van der Waals surface area contributed by atoms with Crippen molar-refractivity contribution in [2.75, 3.05) is 0 Å². The van der Waals surface area contributed by atoms with Crippen molar-refractivity contribution in [2.24, 2.45) is 5.73 Å². The van der Waals surface area contributed by atoms with Crippen molar-refractivity contribution >= 4 is 29.0 Å². The van der Waals surface area contributed by atoms with Crippen LogP contribution in [0.15, 0.2) is 42.6 Å². The van der Waals surface area contributed by atoms with Crippen molar-refractivity contribution in [3.05, 3.63) is 65.0 Å². The summed E-state index contributed by atoms with van der Waals surface area (Å²) < 4.78 is 0. The molecule has 3 rings (SSSR count). The zero-order valence-electron chi connectivity index (χ0n) is 10.9. The van der Waals surface area contributed by atoms with Gasteiger partial charge in [-0.15, -0.1) is 0 Å². The zero-order chi connectivity index (χ0) is 15.0. The third-order valence-electron chi connectivity index (χ3n) is 3.31. The quantitative estimate of drug-likeness (QED) is 0.686. The predicted molar refractivity (Wildman–Crippen MR) is 80.8 cm³/mol. The van der Waals surface area contributed by atoms with E-state index in [2.05, 4.69) is 4.98 Å². The Morgan fingerprint density at radius 3 is 2.48 bits per heavy atom. The van der Waals surface area contributed by atoms with Gasteiger partial charge in [0.1, 0.15) is 10.7 Å². The Kier molecular flexibility index (Phi) is 3.23. The first-order valence-electron chi connectivity index (χ1n) is 6.28. The summed E-state index contributed by atoms with van der Waals surface area (Å²) in [4.78, 5) is 29.9. The molecule has 0 saturated heterocycles. The van der Waals surface area contributed by atoms with Gasteiger partial charge in [-0.25, -0.2) is 0 Å². The van der Waals surface area contributed by atoms with Crippen LogP contribution in [0.2, 0.25) is 0 Å². The van der Waals surface area contributed by atoms with Crippen LogP contribution in [0, 0.1) is 0 Å². The Balaban J connectivity index is 1.85. The summed E-state index contributed by atoms with van der Waals surface area (Å²) in [7, 11) is 0. The van der Waals surface area contributed by atoms with Crippen LogP contribution in [0.4, 0.5) is 0 Å². The maximum Gasteiger partial charge on any atom is 0.280 e. The number of rotatable bonds is 3. The van der Waals surface area contributed by atoms with Gasteiger partial charge in [0.25, 0.3) is 11.8 Å². The van der Waals surface area contributed by atoms with Gasteiger partial charge < -0.3 is 5.73 Å². The Morgan fingerprint density at radius 1 is 1.14 bits per heavy atom. The second-order valence-corrected chi connectivity index (χ2v) is 5.10. The van der Waals surface area contributed by atoms with Crippen LogP contribution >= 0.6 is 12.2 Å². The highest BCUT2D eigenvalue weighted by atomic mass is 32.1. The van der Waals surface area contributed by atoms with Gasteiger partial charge >= 0.3 is 0 Å². The number of carbonyl (C=O) groups excluding carboxylic acids is 2. The molecule has 0 fully saturated rings. The fraction of sp³-hybridized carbons (Fsp3) is 0.0667. The van der Waals surface area contributed by atoms with Gasteiger partial charge in [0.2, 0.25) is 0 Å². The van der Waals surface area contributed by atoms with Crippen molar-refractivity contribution in [1.29, 1.82) is 0 Å². The molecule has 1 aliphatic heterocycles. The van der Waals surface area contributed by atoms with Crippen molar-refractivity contribution in [3.8, 4) is 0 Å². The van der Waals surface area contributed by atoms with E-state index in [0.717, 1.165) is 11.1 Å². The first-order chi connectivity index (χ1) is 10.1. The van der Waals surface area contributed by atoms with E-state index in [1.807, 2.05) is 0 Å². The number of pyridine rings is 1. The maximum absolute atomic E-state index is 12.2. The molecule has 2 N–H and O–H groups in total. The van der Waals surface area contributed by atoms with Crippen molar-refractivity contribution in [1.82, 2.24) is 9.88 Å². The standard InChI is InChI=1S/C15H11N3O2S/c16-13(21)10-5-3-9(4-6-10)8-18-14(19)11-2-1-7-17-12(11)15(18)20/h1-7H,8H2,(H2,16,21). The third-order valence-corrected chi connectivity index (χ3v) is 3.55. The van der Waals surface area contributed by atoms with Crippen molar-refractivity contribution in [2.45, 2.75) is 6.54 Å². The number of aromatic nitrogens is 1. The fourth-order valence-electron chi connectivity index (χ4n) is 2.21. The largest absolute Gasteiger partial charge is 0.389 e. The molecule has 2 amide bonds. The summed E-state index contributed by atoms with van der Waals surface area (Å²) in [5, 5.41) is 0. The van der Waals surface area contributed by atoms with Crippen LogP contribution < -0.4 is 5.73 Å². The number of thiocarbonyl (C=S) groups is 1. The minimum Gasteiger partial charge on any atom is -0.389 e. The number of nitrogens with two attached hydrogens (primary N) is 1. The Morgan fingerprint density at radius 2 is 1.86 bits per heavy atom. The molecule has 0 bridgehead atoms. The number of benzene rings is 1. The lowest BCUT2D eigenvalue weighted by molar-refractivity contribution is 0.0640. The average molecular weight is 297 g/mol. The molecule has 2 heterocycles. The van der Waals surface area contributed by atoms with Crippen LogP contribution in [0.5, 0.6) is 0 Å². The minimum atomic E-state index is -0.367. The lowest BCUT2D eigenvalue weighted by Crippen LogP contribution is -2.29. The molecular weight excluding hydrogens is 286 g/mol. The molecular formula is C15H11N3O2S. The lowest BCUT2D eigenvalue weighted by atomic mass is 10.1. The minimum absolute atomic E-state index is 0.200. The predicted octanol–water partition coefficient (Wildman–Crippen LogP) is 1.51. The molecule has 2 aromatic rings. The van der Waals surface area contributed by atoms with E-state index in [1.54, 1.807) is 36.4 Å². The van der Waals surface area contributed by atoms with E-state index in [0.29, 0.717) is 10.6 Å². The van der Waals surface area contributed by atoms with Gasteiger partial charge in [-0.2, -0.15) is 0 Å². The topological polar surface area (TPSA) is 76.3 Å². The van der Waals surface area contributed by atoms with Gasteiger partial charge in [-0.3, -0.25) is 19.5 Å². The number of hydrogen-bond donors (Lipinski definition) is 1. The normalized spacial score (nSPS) is 13.4. The van der Waals surface area contributed by atoms with E-state index in [1.165, 1.54) is 11.1 Å². The van der Waals surface area contributed by atoms with Gasteiger partial charge in [0.15, 0.2) is 0 Å². The molecule has 1 aliphatic rings. The summed E-state index contributed by atoms with van der Waals surface area (Å²) >= 11 is 4.88. The molecule has 1 aromatic carbocycles. The fourth-order valence-corrected chi connectivity index (χ4v) is 2.35. The van der Waals surface area contributed by atoms with E-state index >= 15 is 0 Å². The Labute approximate surface area is 126 Å². The SMILES string of the molecule is NC(=S)c1ccc(CN2C(=O)c3cccnc3C2=O)cc1. The summed E-state index contributed by atoms with van der Waals surface area (Å²) in [6, 6.07) is 10.4. The highest BCUT2D eigenvalue weighted by Gasteiger charge is 2.36. The van der Waals surface area contributed by atoms with E-state index in [-0.39, 0.29) is 24.1 Å².